The molecule has 1 aliphatic rings. The van der Waals surface area contributed by atoms with Crippen LogP contribution in [0.25, 0.3) is 0 Å². The molecule has 1 aromatic heterocycles. The lowest BCUT2D eigenvalue weighted by Gasteiger charge is -2.11. The molecule has 8 heteroatoms. The molecule has 0 radical (unpaired) electrons. The van der Waals surface area contributed by atoms with E-state index in [2.05, 4.69) is 15.5 Å². The topological polar surface area (TPSA) is 72.8 Å². The van der Waals surface area contributed by atoms with Crippen molar-refractivity contribution in [3.05, 3.63) is 53.9 Å². The van der Waals surface area contributed by atoms with Gasteiger partial charge in [0.25, 0.3) is 5.91 Å². The Balaban J connectivity index is 1.70. The maximum atomic E-state index is 13.8. The number of oxime groups is 1. The molecule has 1 atom stereocenters. The number of benzene rings is 1. The average Bonchev–Trinajstić information content (AvgIpc) is 3.07. The molecule has 2 aromatic rings. The van der Waals surface area contributed by atoms with E-state index in [1.807, 2.05) is 0 Å². The van der Waals surface area contributed by atoms with Crippen LogP contribution in [0.4, 0.5) is 14.5 Å². The fourth-order valence-corrected chi connectivity index (χ4v) is 2.26. The Labute approximate surface area is 136 Å². The number of hydrogen-bond acceptors (Lipinski definition) is 5. The normalized spacial score (nSPS) is 16.3. The molecular formula is C16H13F2N3O3. The number of pyridine rings is 1. The zero-order valence-corrected chi connectivity index (χ0v) is 12.6. The number of anilines is 1. The maximum absolute atomic E-state index is 13.8. The van der Waals surface area contributed by atoms with Gasteiger partial charge in [0, 0.05) is 24.2 Å². The van der Waals surface area contributed by atoms with Gasteiger partial charge in [0.1, 0.15) is 23.1 Å². The Hall–Kier alpha value is -3.03. The number of rotatable bonds is 4. The van der Waals surface area contributed by atoms with Crippen LogP contribution in [0, 0.1) is 11.6 Å². The van der Waals surface area contributed by atoms with Gasteiger partial charge < -0.3 is 14.9 Å². The van der Waals surface area contributed by atoms with Gasteiger partial charge in [0.2, 0.25) is 6.10 Å². The van der Waals surface area contributed by atoms with E-state index in [4.69, 9.17) is 9.57 Å². The molecule has 0 saturated carbocycles. The van der Waals surface area contributed by atoms with Crippen molar-refractivity contribution in [2.75, 3.05) is 12.4 Å². The molecular weight excluding hydrogens is 320 g/mol. The summed E-state index contributed by atoms with van der Waals surface area (Å²) < 4.78 is 32.1. The third kappa shape index (κ3) is 3.17. The Kier molecular flexibility index (Phi) is 4.37. The van der Waals surface area contributed by atoms with Crippen molar-refractivity contribution in [2.45, 2.75) is 12.5 Å². The monoisotopic (exact) mass is 333 g/mol. The molecule has 2 heterocycles. The second-order valence-corrected chi connectivity index (χ2v) is 5.03. The van der Waals surface area contributed by atoms with Crippen LogP contribution in [0.3, 0.4) is 0 Å². The number of nitrogens with one attached hydrogen (secondary N) is 1. The third-order valence-corrected chi connectivity index (χ3v) is 3.46. The van der Waals surface area contributed by atoms with Gasteiger partial charge in [-0.05, 0) is 18.2 Å². The summed E-state index contributed by atoms with van der Waals surface area (Å²) in [5, 5.41) is 6.31. The van der Waals surface area contributed by atoms with Crippen LogP contribution < -0.4 is 10.1 Å². The summed E-state index contributed by atoms with van der Waals surface area (Å²) in [6.07, 6.45) is 2.02. The van der Waals surface area contributed by atoms with E-state index < -0.39 is 23.6 Å². The van der Waals surface area contributed by atoms with Crippen molar-refractivity contribution >= 4 is 17.3 Å². The molecule has 0 aliphatic carbocycles. The van der Waals surface area contributed by atoms with Gasteiger partial charge in [0.15, 0.2) is 0 Å². The van der Waals surface area contributed by atoms with Crippen molar-refractivity contribution < 1.29 is 23.1 Å². The minimum absolute atomic E-state index is 0.0226. The summed E-state index contributed by atoms with van der Waals surface area (Å²) in [7, 11) is 1.46. The highest BCUT2D eigenvalue weighted by Gasteiger charge is 2.30. The lowest BCUT2D eigenvalue weighted by molar-refractivity contribution is -0.125. The summed E-state index contributed by atoms with van der Waals surface area (Å²) in [4.78, 5) is 21.2. The predicted octanol–water partition coefficient (Wildman–Crippen LogP) is 2.50. The fourth-order valence-electron chi connectivity index (χ4n) is 2.26. The zero-order valence-electron chi connectivity index (χ0n) is 12.6. The van der Waals surface area contributed by atoms with Crippen LogP contribution in [-0.4, -0.2) is 29.8 Å². The van der Waals surface area contributed by atoms with Gasteiger partial charge in [-0.1, -0.05) is 5.16 Å². The first-order valence-electron chi connectivity index (χ1n) is 7.05. The lowest BCUT2D eigenvalue weighted by Crippen LogP contribution is -2.28. The first-order chi connectivity index (χ1) is 11.6. The number of carbonyl (C=O) groups excluding carboxylic acids is 1. The van der Waals surface area contributed by atoms with Gasteiger partial charge in [-0.15, -0.1) is 0 Å². The van der Waals surface area contributed by atoms with Crippen LogP contribution in [0.2, 0.25) is 0 Å². The van der Waals surface area contributed by atoms with Crippen LogP contribution in [0.1, 0.15) is 12.0 Å². The number of ether oxygens (including phenoxy) is 1. The van der Waals surface area contributed by atoms with E-state index >= 15 is 0 Å². The van der Waals surface area contributed by atoms with Gasteiger partial charge >= 0.3 is 0 Å². The maximum Gasteiger partial charge on any atom is 0.268 e. The van der Waals surface area contributed by atoms with Crippen molar-refractivity contribution in [2.24, 2.45) is 5.16 Å². The second kappa shape index (κ2) is 6.61. The molecule has 0 saturated heterocycles. The molecule has 1 amide bonds. The van der Waals surface area contributed by atoms with Crippen LogP contribution in [0.15, 0.2) is 41.8 Å². The molecule has 0 unspecified atom stereocenters. The molecule has 24 heavy (non-hydrogen) atoms. The van der Waals surface area contributed by atoms with Crippen molar-refractivity contribution in [3.63, 3.8) is 0 Å². The van der Waals surface area contributed by atoms with E-state index in [1.54, 1.807) is 6.07 Å². The predicted molar refractivity (Wildman–Crippen MR) is 81.8 cm³/mol. The van der Waals surface area contributed by atoms with Crippen molar-refractivity contribution in [1.29, 1.82) is 0 Å². The first-order valence-corrected chi connectivity index (χ1v) is 7.05. The van der Waals surface area contributed by atoms with Crippen LogP contribution in [-0.2, 0) is 9.63 Å². The number of aromatic nitrogens is 1. The number of carbonyl (C=O) groups is 1. The highest BCUT2D eigenvalue weighted by molar-refractivity contribution is 6.06. The molecule has 0 bridgehead atoms. The summed E-state index contributed by atoms with van der Waals surface area (Å²) in [6, 6.07) is 4.62. The van der Waals surface area contributed by atoms with E-state index in [0.29, 0.717) is 11.4 Å². The Bertz CT molecular complexity index is 811. The Morgan fingerprint density at radius 2 is 2.21 bits per heavy atom. The zero-order chi connectivity index (χ0) is 17.1. The number of nitrogens with zero attached hydrogens (tertiary/aromatic N) is 2. The van der Waals surface area contributed by atoms with Gasteiger partial charge in [-0.2, -0.15) is 0 Å². The van der Waals surface area contributed by atoms with Crippen molar-refractivity contribution in [3.8, 4) is 5.75 Å². The quantitative estimate of drug-likeness (QED) is 0.933. The molecule has 1 N–H and O–H groups in total. The smallest absolute Gasteiger partial charge is 0.268 e. The minimum Gasteiger partial charge on any atom is -0.494 e. The SMILES string of the molecule is COc1ccncc1NC(=O)[C@@H]1CC(c2cc(F)ccc2F)=NO1. The molecule has 3 rings (SSSR count). The van der Waals surface area contributed by atoms with Gasteiger partial charge in [0.05, 0.1) is 19.0 Å². The van der Waals surface area contributed by atoms with Gasteiger partial charge in [-0.3, -0.25) is 9.78 Å². The highest BCUT2D eigenvalue weighted by atomic mass is 19.1. The summed E-state index contributed by atoms with van der Waals surface area (Å²) in [6.45, 7) is 0. The number of amides is 1. The number of hydrogen-bond donors (Lipinski definition) is 1. The third-order valence-electron chi connectivity index (χ3n) is 3.46. The molecule has 0 fully saturated rings. The lowest BCUT2D eigenvalue weighted by atomic mass is 10.0. The summed E-state index contributed by atoms with van der Waals surface area (Å²) in [5.41, 5.74) is 0.522. The standard InChI is InChI=1S/C16H13F2N3O3/c1-23-14-4-5-19-8-13(14)20-16(22)15-7-12(21-24-15)10-6-9(17)2-3-11(10)18/h2-6,8,15H,7H2,1H3,(H,20,22)/t15-/m0/s1. The molecule has 0 spiro atoms. The fraction of sp³-hybridized carbons (Fsp3) is 0.188. The number of halogens is 2. The summed E-state index contributed by atoms with van der Waals surface area (Å²) >= 11 is 0. The molecule has 6 nitrogen and oxygen atoms in total. The average molecular weight is 333 g/mol. The minimum atomic E-state index is -0.951. The molecule has 1 aliphatic heterocycles. The van der Waals surface area contributed by atoms with Gasteiger partial charge in [-0.25, -0.2) is 8.78 Å². The summed E-state index contributed by atoms with van der Waals surface area (Å²) in [5.74, 6) is -1.28. The molecule has 1 aromatic carbocycles. The van der Waals surface area contributed by atoms with E-state index in [-0.39, 0.29) is 17.7 Å². The highest BCUT2D eigenvalue weighted by Crippen LogP contribution is 2.24. The second-order valence-electron chi connectivity index (χ2n) is 5.03. The largest absolute Gasteiger partial charge is 0.494 e. The van der Waals surface area contributed by atoms with Crippen LogP contribution >= 0.6 is 0 Å². The van der Waals surface area contributed by atoms with Crippen LogP contribution in [0.5, 0.6) is 5.75 Å². The van der Waals surface area contributed by atoms with E-state index in [9.17, 15) is 13.6 Å². The van der Waals surface area contributed by atoms with Crippen molar-refractivity contribution in [1.82, 2.24) is 4.98 Å². The Morgan fingerprint density at radius 3 is 3.00 bits per heavy atom. The van der Waals surface area contributed by atoms with E-state index in [0.717, 1.165) is 18.2 Å². The Morgan fingerprint density at radius 1 is 1.38 bits per heavy atom. The van der Waals surface area contributed by atoms with E-state index in [1.165, 1.54) is 19.5 Å². The molecule has 124 valence electrons. The number of methoxy groups -OCH3 is 1. The first kappa shape index (κ1) is 15.9.